The Bertz CT molecular complexity index is 697. The van der Waals surface area contributed by atoms with Gasteiger partial charge < -0.3 is 10.2 Å². The molecule has 2 amide bonds. The van der Waals surface area contributed by atoms with E-state index in [1.807, 2.05) is 35.7 Å². The van der Waals surface area contributed by atoms with Crippen LogP contribution in [0.2, 0.25) is 0 Å². The Hall–Kier alpha value is -2.21. The molecule has 26 heavy (non-hydrogen) atoms. The van der Waals surface area contributed by atoms with Crippen LogP contribution in [0.3, 0.4) is 0 Å². The molecular formula is C20H25N3O2S. The van der Waals surface area contributed by atoms with Crippen LogP contribution in [-0.4, -0.2) is 34.8 Å². The minimum Gasteiger partial charge on any atom is -0.333 e. The van der Waals surface area contributed by atoms with Crippen LogP contribution in [0.4, 0.5) is 5.13 Å². The van der Waals surface area contributed by atoms with E-state index in [0.717, 1.165) is 18.4 Å². The molecule has 2 aromatic rings. The van der Waals surface area contributed by atoms with Crippen LogP contribution in [0, 0.1) is 5.92 Å². The Kier molecular flexibility index (Phi) is 6.77. The van der Waals surface area contributed by atoms with Crippen molar-refractivity contribution in [2.45, 2.75) is 38.5 Å². The highest BCUT2D eigenvalue weighted by molar-refractivity contribution is 7.13. The number of thiazole rings is 1. The molecule has 0 bridgehead atoms. The van der Waals surface area contributed by atoms with E-state index >= 15 is 0 Å². The zero-order chi connectivity index (χ0) is 18.2. The van der Waals surface area contributed by atoms with Gasteiger partial charge in [-0.1, -0.05) is 49.6 Å². The number of amides is 2. The fraction of sp³-hybridized carbons (Fsp3) is 0.450. The minimum absolute atomic E-state index is 0.0102. The van der Waals surface area contributed by atoms with Crippen LogP contribution in [0.15, 0.2) is 41.9 Å². The van der Waals surface area contributed by atoms with Crippen LogP contribution in [0.5, 0.6) is 0 Å². The lowest BCUT2D eigenvalue weighted by molar-refractivity contribution is -0.134. The Morgan fingerprint density at radius 3 is 2.62 bits per heavy atom. The highest BCUT2D eigenvalue weighted by Crippen LogP contribution is 2.24. The molecule has 5 nitrogen and oxygen atoms in total. The number of nitrogens with one attached hydrogen (secondary N) is 1. The first kappa shape index (κ1) is 18.6. The Labute approximate surface area is 158 Å². The third kappa shape index (κ3) is 5.66. The van der Waals surface area contributed by atoms with E-state index in [9.17, 15) is 9.59 Å². The summed E-state index contributed by atoms with van der Waals surface area (Å²) >= 11 is 1.38. The molecule has 0 saturated heterocycles. The van der Waals surface area contributed by atoms with Crippen LogP contribution in [0.25, 0.3) is 0 Å². The Morgan fingerprint density at radius 2 is 1.92 bits per heavy atom. The van der Waals surface area contributed by atoms with Gasteiger partial charge in [-0.25, -0.2) is 4.98 Å². The summed E-state index contributed by atoms with van der Waals surface area (Å²) < 4.78 is 0. The fourth-order valence-electron chi connectivity index (χ4n) is 3.44. The normalized spacial score (nSPS) is 14.8. The van der Waals surface area contributed by atoms with Crippen molar-refractivity contribution in [1.29, 1.82) is 0 Å². The van der Waals surface area contributed by atoms with E-state index in [2.05, 4.69) is 10.3 Å². The number of rotatable bonds is 7. The molecule has 1 aromatic heterocycles. The molecule has 138 valence electrons. The first-order chi connectivity index (χ1) is 12.7. The molecular weight excluding hydrogens is 346 g/mol. The molecule has 1 aliphatic carbocycles. The van der Waals surface area contributed by atoms with Crippen molar-refractivity contribution in [2.24, 2.45) is 5.92 Å². The van der Waals surface area contributed by atoms with Crippen molar-refractivity contribution in [3.05, 3.63) is 47.5 Å². The molecule has 1 saturated carbocycles. The van der Waals surface area contributed by atoms with Gasteiger partial charge >= 0.3 is 0 Å². The number of aromatic nitrogens is 1. The average molecular weight is 372 g/mol. The van der Waals surface area contributed by atoms with Crippen molar-refractivity contribution >= 4 is 28.3 Å². The first-order valence-electron chi connectivity index (χ1n) is 9.22. The van der Waals surface area contributed by atoms with Gasteiger partial charge in [0.15, 0.2) is 5.13 Å². The molecule has 1 N–H and O–H groups in total. The van der Waals surface area contributed by atoms with E-state index in [4.69, 9.17) is 0 Å². The van der Waals surface area contributed by atoms with Crippen molar-refractivity contribution in [1.82, 2.24) is 9.88 Å². The molecule has 1 aliphatic rings. The number of hydrogen-bond donors (Lipinski definition) is 1. The fourth-order valence-corrected chi connectivity index (χ4v) is 3.98. The second-order valence-electron chi connectivity index (χ2n) is 6.83. The summed E-state index contributed by atoms with van der Waals surface area (Å²) in [5, 5.41) is 5.17. The van der Waals surface area contributed by atoms with Crippen LogP contribution < -0.4 is 5.32 Å². The minimum atomic E-state index is -0.183. The van der Waals surface area contributed by atoms with Gasteiger partial charge in [0.1, 0.15) is 0 Å². The van der Waals surface area contributed by atoms with E-state index in [1.54, 1.807) is 11.1 Å². The maximum atomic E-state index is 12.9. The maximum absolute atomic E-state index is 12.9. The summed E-state index contributed by atoms with van der Waals surface area (Å²) in [6.07, 6.45) is 7.98. The number of hydrogen-bond acceptors (Lipinski definition) is 4. The predicted octanol–water partition coefficient (Wildman–Crippen LogP) is 3.73. The number of nitrogens with zero attached hydrogens (tertiary/aromatic N) is 2. The van der Waals surface area contributed by atoms with Crippen LogP contribution >= 0.6 is 11.3 Å². The van der Waals surface area contributed by atoms with Crippen molar-refractivity contribution in [3.63, 3.8) is 0 Å². The average Bonchev–Trinajstić information content (AvgIpc) is 3.16. The number of carbonyl (C=O) groups is 2. The van der Waals surface area contributed by atoms with Crippen molar-refractivity contribution in [2.75, 3.05) is 18.4 Å². The molecule has 1 heterocycles. The Morgan fingerprint density at radius 1 is 1.15 bits per heavy atom. The smallest absolute Gasteiger partial charge is 0.245 e. The molecule has 0 radical (unpaired) electrons. The largest absolute Gasteiger partial charge is 0.333 e. The summed E-state index contributed by atoms with van der Waals surface area (Å²) in [5.41, 5.74) is 0.978. The lowest BCUT2D eigenvalue weighted by Gasteiger charge is -2.29. The van der Waals surface area contributed by atoms with Gasteiger partial charge in [-0.2, -0.15) is 0 Å². The predicted molar refractivity (Wildman–Crippen MR) is 104 cm³/mol. The SMILES string of the molecule is O=C(CN(CC1CCCCC1)C(=O)Cc1ccccc1)Nc1nccs1. The van der Waals surface area contributed by atoms with Crippen molar-refractivity contribution in [3.8, 4) is 0 Å². The number of anilines is 1. The quantitative estimate of drug-likeness (QED) is 0.807. The molecule has 3 rings (SSSR count). The lowest BCUT2D eigenvalue weighted by atomic mass is 9.89. The van der Waals surface area contributed by atoms with Gasteiger partial charge in [-0.15, -0.1) is 11.3 Å². The first-order valence-corrected chi connectivity index (χ1v) is 10.1. The van der Waals surface area contributed by atoms with E-state index in [-0.39, 0.29) is 18.4 Å². The summed E-state index contributed by atoms with van der Waals surface area (Å²) in [6.45, 7) is 0.749. The van der Waals surface area contributed by atoms with Crippen LogP contribution in [0.1, 0.15) is 37.7 Å². The monoisotopic (exact) mass is 371 g/mol. The zero-order valence-electron chi connectivity index (χ0n) is 14.9. The molecule has 0 spiro atoms. The van der Waals surface area contributed by atoms with Gasteiger partial charge in [0, 0.05) is 18.1 Å². The molecule has 6 heteroatoms. The zero-order valence-corrected chi connectivity index (χ0v) is 15.7. The third-order valence-electron chi connectivity index (χ3n) is 4.77. The molecule has 1 aromatic carbocycles. The second kappa shape index (κ2) is 9.48. The van der Waals surface area contributed by atoms with E-state index in [0.29, 0.717) is 24.0 Å². The van der Waals surface area contributed by atoms with Gasteiger partial charge in [-0.05, 0) is 24.3 Å². The number of carbonyl (C=O) groups excluding carboxylic acids is 2. The Balaban J connectivity index is 1.63. The summed E-state index contributed by atoms with van der Waals surface area (Å²) in [4.78, 5) is 31.0. The molecule has 0 atom stereocenters. The highest BCUT2D eigenvalue weighted by atomic mass is 32.1. The lowest BCUT2D eigenvalue weighted by Crippen LogP contribution is -2.42. The molecule has 0 aliphatic heterocycles. The van der Waals surface area contributed by atoms with Gasteiger partial charge in [0.05, 0.1) is 13.0 Å². The van der Waals surface area contributed by atoms with E-state index < -0.39 is 0 Å². The highest BCUT2D eigenvalue weighted by Gasteiger charge is 2.23. The number of benzene rings is 1. The molecule has 0 unspecified atom stereocenters. The summed E-state index contributed by atoms with van der Waals surface area (Å²) in [6, 6.07) is 9.71. The van der Waals surface area contributed by atoms with Gasteiger partial charge in [0.2, 0.25) is 11.8 Å². The standard InChI is InChI=1S/C20H25N3O2S/c24-18(22-20-21-11-12-26-20)15-23(14-17-9-5-2-6-10-17)19(25)13-16-7-3-1-4-8-16/h1,3-4,7-8,11-12,17H,2,5-6,9-10,13-15H2,(H,21,22,24). The summed E-state index contributed by atoms with van der Waals surface area (Å²) in [7, 11) is 0. The topological polar surface area (TPSA) is 62.3 Å². The van der Waals surface area contributed by atoms with Gasteiger partial charge in [0.25, 0.3) is 0 Å². The second-order valence-corrected chi connectivity index (χ2v) is 7.72. The van der Waals surface area contributed by atoms with Crippen molar-refractivity contribution < 1.29 is 9.59 Å². The molecule has 1 fully saturated rings. The third-order valence-corrected chi connectivity index (χ3v) is 5.46. The van der Waals surface area contributed by atoms with E-state index in [1.165, 1.54) is 30.6 Å². The maximum Gasteiger partial charge on any atom is 0.245 e. The van der Waals surface area contributed by atoms with Crippen LogP contribution in [-0.2, 0) is 16.0 Å². The summed E-state index contributed by atoms with van der Waals surface area (Å²) in [5.74, 6) is 0.323. The van der Waals surface area contributed by atoms with Gasteiger partial charge in [-0.3, -0.25) is 9.59 Å².